The summed E-state index contributed by atoms with van der Waals surface area (Å²) < 4.78 is 6.22. The second-order valence-corrected chi connectivity index (χ2v) is 8.72. The molecule has 6 nitrogen and oxygen atoms in total. The summed E-state index contributed by atoms with van der Waals surface area (Å²) in [5.74, 6) is -1.36. The maximum atomic E-state index is 12.0. The van der Waals surface area contributed by atoms with Crippen LogP contribution in [-0.4, -0.2) is 57.5 Å². The molecular formula is C20H21NO5. The molecule has 2 aliphatic heterocycles. The summed E-state index contributed by atoms with van der Waals surface area (Å²) in [6.45, 7) is 0.864. The Morgan fingerprint density at radius 1 is 1.35 bits per heavy atom. The number of piperidine rings is 1. The van der Waals surface area contributed by atoms with Crippen LogP contribution < -0.4 is 4.74 Å². The van der Waals surface area contributed by atoms with Crippen LogP contribution in [0.4, 0.5) is 0 Å². The zero-order valence-electron chi connectivity index (χ0n) is 14.5. The molecule has 1 saturated heterocycles. The van der Waals surface area contributed by atoms with Gasteiger partial charge < -0.3 is 25.0 Å². The van der Waals surface area contributed by atoms with E-state index in [1.54, 1.807) is 12.1 Å². The fraction of sp³-hybridized carbons (Fsp3) is 0.550. The first kappa shape index (κ1) is 15.1. The van der Waals surface area contributed by atoms with Crippen molar-refractivity contribution in [3.63, 3.8) is 0 Å². The van der Waals surface area contributed by atoms with Crippen molar-refractivity contribution >= 4 is 5.97 Å². The fourth-order valence-electron chi connectivity index (χ4n) is 7.04. The van der Waals surface area contributed by atoms with Crippen molar-refractivity contribution < 1.29 is 24.9 Å². The number of likely N-dealkylation sites (tertiary alicyclic amines) is 1. The number of phenols is 1. The maximum Gasteiger partial charge on any atom is 0.309 e. The number of carboxylic acid groups (broad SMARTS) is 1. The number of fused-ring (bicyclic) bond motifs is 1. The number of nitrogens with zero attached hydrogens (tertiary/aromatic N) is 1. The molecule has 4 bridgehead atoms. The van der Waals surface area contributed by atoms with Crippen molar-refractivity contribution in [1.82, 2.24) is 4.90 Å². The number of benzene rings is 1. The van der Waals surface area contributed by atoms with E-state index in [1.807, 2.05) is 6.07 Å². The molecule has 3 N–H and O–H groups in total. The first-order valence-corrected chi connectivity index (χ1v) is 9.23. The lowest BCUT2D eigenvalue weighted by atomic mass is 9.37. The molecule has 7 rings (SSSR count). The third-order valence-corrected chi connectivity index (χ3v) is 8.05. The number of rotatable bonds is 1. The summed E-state index contributed by atoms with van der Waals surface area (Å²) in [5.41, 5.74) is -0.267. The number of carbonyl (C=O) groups is 1. The van der Waals surface area contributed by atoms with Crippen molar-refractivity contribution in [1.29, 1.82) is 0 Å². The van der Waals surface area contributed by atoms with Crippen LogP contribution in [0.25, 0.3) is 0 Å². The van der Waals surface area contributed by atoms with Crippen molar-refractivity contribution in [3.8, 4) is 11.5 Å². The number of aromatic hydroxyl groups is 1. The highest BCUT2D eigenvalue weighted by molar-refractivity contribution is 5.76. The molecule has 0 amide bonds. The Bertz CT molecular complexity index is 912. The molecule has 0 radical (unpaired) electrons. The number of aliphatic hydroxyl groups is 1. The smallest absolute Gasteiger partial charge is 0.309 e. The summed E-state index contributed by atoms with van der Waals surface area (Å²) in [4.78, 5) is 14.4. The molecule has 4 aliphatic carbocycles. The molecule has 2 spiro atoms. The SMILES string of the molecule is CN1CC[C@]23c4c5ccc(O)c4O[C@H]2[C@@]2(O)C=C[C@@]3(C[C@H]2C(=O)O)[C@H]1C5. The molecule has 0 aromatic heterocycles. The van der Waals surface area contributed by atoms with Gasteiger partial charge in [0.15, 0.2) is 11.5 Å². The lowest BCUT2D eigenvalue weighted by Crippen LogP contribution is -2.79. The molecule has 26 heavy (non-hydrogen) atoms. The molecule has 1 saturated carbocycles. The molecule has 136 valence electrons. The fourth-order valence-corrected chi connectivity index (χ4v) is 7.04. The van der Waals surface area contributed by atoms with Crippen molar-refractivity contribution in [2.75, 3.05) is 13.6 Å². The van der Waals surface area contributed by atoms with Gasteiger partial charge in [-0.2, -0.15) is 0 Å². The van der Waals surface area contributed by atoms with E-state index in [2.05, 4.69) is 18.0 Å². The van der Waals surface area contributed by atoms with Gasteiger partial charge in [0.1, 0.15) is 11.7 Å². The van der Waals surface area contributed by atoms with E-state index < -0.39 is 34.4 Å². The van der Waals surface area contributed by atoms with Crippen LogP contribution in [0.3, 0.4) is 0 Å². The van der Waals surface area contributed by atoms with Crippen LogP contribution in [-0.2, 0) is 16.6 Å². The van der Waals surface area contributed by atoms with Crippen molar-refractivity contribution in [2.24, 2.45) is 11.3 Å². The molecule has 1 aromatic carbocycles. The number of phenolic OH excluding ortho intramolecular Hbond substituents is 1. The molecular weight excluding hydrogens is 334 g/mol. The molecule has 0 unspecified atom stereocenters. The number of hydrogen-bond acceptors (Lipinski definition) is 5. The van der Waals surface area contributed by atoms with Crippen LogP contribution in [0.15, 0.2) is 24.3 Å². The molecule has 6 atom stereocenters. The third-order valence-electron chi connectivity index (χ3n) is 8.05. The Kier molecular flexibility index (Phi) is 2.37. The number of hydrogen-bond donors (Lipinski definition) is 3. The van der Waals surface area contributed by atoms with Crippen LogP contribution in [0.2, 0.25) is 0 Å². The highest BCUT2D eigenvalue weighted by Gasteiger charge is 2.79. The second-order valence-electron chi connectivity index (χ2n) is 8.72. The Hall–Kier alpha value is -2.05. The zero-order chi connectivity index (χ0) is 18.1. The van der Waals surface area contributed by atoms with Gasteiger partial charge in [-0.15, -0.1) is 0 Å². The standard InChI is InChI=1S/C20H21NO5/c1-21-7-6-19-14-10-2-3-12(22)15(14)26-17(19)20(25)5-4-18(19,13(21)8-10)9-11(20)16(23)24/h2-5,11,13,17,22,25H,6-9H2,1H3,(H,23,24)/t11-,13+,17+,18+,19-,20+/m0/s1. The average Bonchev–Trinajstić information content (AvgIpc) is 2.98. The molecule has 2 heterocycles. The van der Waals surface area contributed by atoms with Crippen LogP contribution in [0, 0.1) is 11.3 Å². The first-order valence-electron chi connectivity index (χ1n) is 9.23. The van der Waals surface area contributed by atoms with Crippen molar-refractivity contribution in [2.45, 2.75) is 42.4 Å². The van der Waals surface area contributed by atoms with E-state index in [0.717, 1.165) is 30.5 Å². The van der Waals surface area contributed by atoms with Gasteiger partial charge in [-0.1, -0.05) is 18.2 Å². The normalized spacial score (nSPS) is 46.8. The van der Waals surface area contributed by atoms with Gasteiger partial charge in [0.2, 0.25) is 0 Å². The van der Waals surface area contributed by atoms with E-state index in [1.165, 1.54) is 0 Å². The first-order chi connectivity index (χ1) is 12.3. The lowest BCUT2D eigenvalue weighted by molar-refractivity contribution is -0.211. The van der Waals surface area contributed by atoms with Gasteiger partial charge >= 0.3 is 5.97 Å². The summed E-state index contributed by atoms with van der Waals surface area (Å²) >= 11 is 0. The molecule has 2 fully saturated rings. The average molecular weight is 355 g/mol. The largest absolute Gasteiger partial charge is 0.504 e. The Balaban J connectivity index is 1.73. The van der Waals surface area contributed by atoms with Crippen LogP contribution in [0.5, 0.6) is 11.5 Å². The zero-order valence-corrected chi connectivity index (χ0v) is 14.5. The Morgan fingerprint density at radius 2 is 2.15 bits per heavy atom. The molecule has 1 aromatic rings. The summed E-state index contributed by atoms with van der Waals surface area (Å²) in [6, 6.07) is 3.78. The number of ether oxygens (including phenoxy) is 1. The summed E-state index contributed by atoms with van der Waals surface area (Å²) in [5, 5.41) is 31.8. The minimum atomic E-state index is -1.56. The van der Waals surface area contributed by atoms with Gasteiger partial charge in [-0.3, -0.25) is 4.79 Å². The minimum Gasteiger partial charge on any atom is -0.504 e. The quantitative estimate of drug-likeness (QED) is 0.652. The van der Waals surface area contributed by atoms with Gasteiger partial charge in [-0.05, 0) is 44.5 Å². The van der Waals surface area contributed by atoms with Crippen LogP contribution in [0.1, 0.15) is 24.0 Å². The van der Waals surface area contributed by atoms with Gasteiger partial charge in [0.25, 0.3) is 0 Å². The minimum absolute atomic E-state index is 0.0786. The monoisotopic (exact) mass is 355 g/mol. The Labute approximate surface area is 150 Å². The number of likely N-dealkylation sites (N-methyl/N-ethyl adjacent to an activating group) is 1. The van der Waals surface area contributed by atoms with Crippen molar-refractivity contribution in [3.05, 3.63) is 35.4 Å². The van der Waals surface area contributed by atoms with E-state index in [0.29, 0.717) is 12.2 Å². The predicted molar refractivity (Wildman–Crippen MR) is 91.2 cm³/mol. The Morgan fingerprint density at radius 3 is 2.92 bits per heavy atom. The third kappa shape index (κ3) is 1.25. The highest BCUT2D eigenvalue weighted by atomic mass is 16.5. The van der Waals surface area contributed by atoms with E-state index >= 15 is 0 Å². The van der Waals surface area contributed by atoms with Gasteiger partial charge in [0, 0.05) is 17.0 Å². The number of aliphatic carboxylic acids is 1. The highest BCUT2D eigenvalue weighted by Crippen LogP contribution is 2.73. The van der Waals surface area contributed by atoms with E-state index in [4.69, 9.17) is 4.74 Å². The predicted octanol–water partition coefficient (Wildman–Crippen LogP) is 1.04. The van der Waals surface area contributed by atoms with E-state index in [-0.39, 0.29) is 11.8 Å². The topological polar surface area (TPSA) is 90.2 Å². The van der Waals surface area contributed by atoms with Gasteiger partial charge in [0.05, 0.1) is 11.3 Å². The lowest BCUT2D eigenvalue weighted by Gasteiger charge is -2.69. The van der Waals surface area contributed by atoms with Gasteiger partial charge in [-0.25, -0.2) is 0 Å². The summed E-state index contributed by atoms with van der Waals surface area (Å²) in [6.07, 6.45) is 5.07. The number of carboxylic acids is 1. The maximum absolute atomic E-state index is 12.0. The molecule has 6 aliphatic rings. The second kappa shape index (κ2) is 4.10. The molecule has 6 heteroatoms. The van der Waals surface area contributed by atoms with Crippen LogP contribution >= 0.6 is 0 Å². The van der Waals surface area contributed by atoms with E-state index in [9.17, 15) is 20.1 Å². The summed E-state index contributed by atoms with van der Waals surface area (Å²) in [7, 11) is 2.10.